The minimum absolute atomic E-state index is 0.601. The maximum absolute atomic E-state index is 11.0. The van der Waals surface area contributed by atoms with Crippen LogP contribution in [0, 0.1) is 5.41 Å². The molecule has 0 saturated carbocycles. The Morgan fingerprint density at radius 2 is 2.12 bits per heavy atom. The zero-order chi connectivity index (χ0) is 12.3. The first kappa shape index (κ1) is 13.5. The molecule has 0 aliphatic carbocycles. The summed E-state index contributed by atoms with van der Waals surface area (Å²) in [4.78, 5) is 15.6. The maximum Gasteiger partial charge on any atom is 0.309 e. The van der Waals surface area contributed by atoms with Crippen molar-refractivity contribution in [2.45, 2.75) is 32.7 Å². The molecule has 1 saturated heterocycles. The van der Waals surface area contributed by atoms with Gasteiger partial charge >= 0.3 is 5.97 Å². The second-order valence-corrected chi connectivity index (χ2v) is 5.65. The van der Waals surface area contributed by atoms with E-state index in [1.54, 1.807) is 13.8 Å². The predicted molar refractivity (Wildman–Crippen MR) is 64.6 cm³/mol. The molecule has 1 fully saturated rings. The summed E-state index contributed by atoms with van der Waals surface area (Å²) in [5.41, 5.74) is -0.601. The van der Waals surface area contributed by atoms with Crippen molar-refractivity contribution in [2.24, 2.45) is 5.41 Å². The maximum atomic E-state index is 11.0. The molecular weight excluding hydrogens is 204 g/mol. The molecule has 0 aromatic carbocycles. The average molecular weight is 228 g/mol. The molecule has 0 aromatic heterocycles. The lowest BCUT2D eigenvalue weighted by Gasteiger charge is -2.24. The van der Waals surface area contributed by atoms with Crippen molar-refractivity contribution in [1.29, 1.82) is 0 Å². The largest absolute Gasteiger partial charge is 0.481 e. The lowest BCUT2D eigenvalue weighted by molar-refractivity contribution is -0.147. The van der Waals surface area contributed by atoms with E-state index in [4.69, 9.17) is 5.11 Å². The molecule has 1 unspecified atom stereocenters. The molecule has 1 heterocycles. The molecule has 4 heteroatoms. The van der Waals surface area contributed by atoms with Crippen molar-refractivity contribution in [3.05, 3.63) is 0 Å². The Hall–Kier alpha value is -0.610. The molecular formula is C12H24N2O2. The van der Waals surface area contributed by atoms with Gasteiger partial charge in [-0.15, -0.1) is 0 Å². The van der Waals surface area contributed by atoms with Crippen LogP contribution in [0.15, 0.2) is 0 Å². The van der Waals surface area contributed by atoms with E-state index < -0.39 is 11.4 Å². The van der Waals surface area contributed by atoms with E-state index >= 15 is 0 Å². The van der Waals surface area contributed by atoms with E-state index in [0.29, 0.717) is 6.04 Å². The highest BCUT2D eigenvalue weighted by Crippen LogP contribution is 2.22. The fourth-order valence-electron chi connectivity index (χ4n) is 1.98. The van der Waals surface area contributed by atoms with Crippen LogP contribution in [0.25, 0.3) is 0 Å². The summed E-state index contributed by atoms with van der Waals surface area (Å²) in [5, 5.41) is 9.03. The highest BCUT2D eigenvalue weighted by molar-refractivity contribution is 5.73. The first-order valence-corrected chi connectivity index (χ1v) is 5.95. The lowest BCUT2D eigenvalue weighted by Crippen LogP contribution is -2.34. The van der Waals surface area contributed by atoms with E-state index in [1.807, 2.05) is 0 Å². The zero-order valence-corrected chi connectivity index (χ0v) is 10.9. The quantitative estimate of drug-likeness (QED) is 0.766. The molecule has 1 aliphatic heterocycles. The highest BCUT2D eigenvalue weighted by atomic mass is 16.4. The summed E-state index contributed by atoms with van der Waals surface area (Å²) in [5.74, 6) is -0.698. The van der Waals surface area contributed by atoms with E-state index in [1.165, 1.54) is 6.42 Å². The number of likely N-dealkylation sites (N-methyl/N-ethyl adjacent to an activating group) is 1. The Labute approximate surface area is 98.2 Å². The highest BCUT2D eigenvalue weighted by Gasteiger charge is 2.30. The number of rotatable bonds is 5. The third-order valence-corrected chi connectivity index (χ3v) is 3.61. The van der Waals surface area contributed by atoms with Gasteiger partial charge in [0.15, 0.2) is 0 Å². The number of likely N-dealkylation sites (tertiary alicyclic amines) is 1. The van der Waals surface area contributed by atoms with Crippen molar-refractivity contribution >= 4 is 5.97 Å². The standard InChI is InChI=1S/C12H24N2O2/c1-12(2,11(15)16)6-8-14-7-5-10(9-14)13(3)4/h10H,5-9H2,1-4H3,(H,15,16). The normalized spacial score (nSPS) is 22.9. The molecule has 94 valence electrons. The molecule has 1 rings (SSSR count). The van der Waals surface area contributed by atoms with Gasteiger partial charge in [0, 0.05) is 12.6 Å². The molecule has 16 heavy (non-hydrogen) atoms. The first-order valence-electron chi connectivity index (χ1n) is 5.95. The van der Waals surface area contributed by atoms with Crippen LogP contribution in [0.3, 0.4) is 0 Å². The molecule has 1 N–H and O–H groups in total. The number of aliphatic carboxylic acids is 1. The van der Waals surface area contributed by atoms with Gasteiger partial charge in [-0.25, -0.2) is 0 Å². The second kappa shape index (κ2) is 5.15. The van der Waals surface area contributed by atoms with Gasteiger partial charge in [-0.2, -0.15) is 0 Å². The zero-order valence-electron chi connectivity index (χ0n) is 10.9. The number of hydrogen-bond acceptors (Lipinski definition) is 3. The van der Waals surface area contributed by atoms with Crippen LogP contribution in [-0.2, 0) is 4.79 Å². The summed E-state index contributed by atoms with van der Waals surface area (Å²) >= 11 is 0. The van der Waals surface area contributed by atoms with Crippen LogP contribution >= 0.6 is 0 Å². The third-order valence-electron chi connectivity index (χ3n) is 3.61. The van der Waals surface area contributed by atoms with Gasteiger partial charge in [0.25, 0.3) is 0 Å². The van der Waals surface area contributed by atoms with Gasteiger partial charge in [0.1, 0.15) is 0 Å². The number of carboxylic acid groups (broad SMARTS) is 1. The summed E-state index contributed by atoms with van der Waals surface area (Å²) < 4.78 is 0. The van der Waals surface area contributed by atoms with Crippen LogP contribution in [0.5, 0.6) is 0 Å². The van der Waals surface area contributed by atoms with E-state index in [2.05, 4.69) is 23.9 Å². The molecule has 1 atom stereocenters. The monoisotopic (exact) mass is 228 g/mol. The molecule has 4 nitrogen and oxygen atoms in total. The number of nitrogens with zero attached hydrogens (tertiary/aromatic N) is 2. The van der Waals surface area contributed by atoms with Gasteiger partial charge in [-0.3, -0.25) is 4.79 Å². The molecule has 0 radical (unpaired) electrons. The smallest absolute Gasteiger partial charge is 0.309 e. The Kier molecular flexibility index (Phi) is 4.33. The van der Waals surface area contributed by atoms with Crippen LogP contribution in [-0.4, -0.2) is 60.6 Å². The summed E-state index contributed by atoms with van der Waals surface area (Å²) in [7, 11) is 4.21. The van der Waals surface area contributed by atoms with Gasteiger partial charge in [0.2, 0.25) is 0 Å². The third kappa shape index (κ3) is 3.46. The summed E-state index contributed by atoms with van der Waals surface area (Å²) in [6.07, 6.45) is 1.92. The van der Waals surface area contributed by atoms with Crippen molar-refractivity contribution in [2.75, 3.05) is 33.7 Å². The number of hydrogen-bond donors (Lipinski definition) is 1. The first-order chi connectivity index (χ1) is 7.33. The molecule has 0 aromatic rings. The summed E-state index contributed by atoms with van der Waals surface area (Å²) in [6.45, 7) is 6.66. The summed E-state index contributed by atoms with van der Waals surface area (Å²) in [6, 6.07) is 0.632. The SMILES string of the molecule is CN(C)C1CCN(CCC(C)(C)C(=O)O)C1. The van der Waals surface area contributed by atoms with Crippen LogP contribution < -0.4 is 0 Å². The lowest BCUT2D eigenvalue weighted by atomic mass is 9.89. The predicted octanol–water partition coefficient (Wildman–Crippen LogP) is 1.12. The van der Waals surface area contributed by atoms with Gasteiger partial charge in [0.05, 0.1) is 5.41 Å². The Morgan fingerprint density at radius 3 is 2.56 bits per heavy atom. The van der Waals surface area contributed by atoms with Crippen LogP contribution in [0.2, 0.25) is 0 Å². The average Bonchev–Trinajstić information content (AvgIpc) is 2.63. The molecule has 0 amide bonds. The van der Waals surface area contributed by atoms with Gasteiger partial charge in [-0.1, -0.05) is 0 Å². The Balaban J connectivity index is 2.33. The fraction of sp³-hybridized carbons (Fsp3) is 0.917. The van der Waals surface area contributed by atoms with Gasteiger partial charge < -0.3 is 14.9 Å². The number of carboxylic acids is 1. The Bertz CT molecular complexity index is 251. The van der Waals surface area contributed by atoms with Crippen molar-refractivity contribution in [1.82, 2.24) is 9.80 Å². The van der Waals surface area contributed by atoms with E-state index in [9.17, 15) is 4.79 Å². The van der Waals surface area contributed by atoms with Crippen LogP contribution in [0.4, 0.5) is 0 Å². The second-order valence-electron chi connectivity index (χ2n) is 5.65. The fourth-order valence-corrected chi connectivity index (χ4v) is 1.98. The minimum Gasteiger partial charge on any atom is -0.481 e. The topological polar surface area (TPSA) is 43.8 Å². The van der Waals surface area contributed by atoms with Gasteiger partial charge in [-0.05, 0) is 53.9 Å². The van der Waals surface area contributed by atoms with Crippen molar-refractivity contribution < 1.29 is 9.90 Å². The van der Waals surface area contributed by atoms with Crippen molar-refractivity contribution in [3.8, 4) is 0 Å². The van der Waals surface area contributed by atoms with E-state index in [0.717, 1.165) is 26.1 Å². The Morgan fingerprint density at radius 1 is 1.50 bits per heavy atom. The molecule has 0 spiro atoms. The molecule has 0 bridgehead atoms. The minimum atomic E-state index is -0.698. The van der Waals surface area contributed by atoms with E-state index in [-0.39, 0.29) is 0 Å². The van der Waals surface area contributed by atoms with Crippen molar-refractivity contribution in [3.63, 3.8) is 0 Å². The van der Waals surface area contributed by atoms with Crippen LogP contribution in [0.1, 0.15) is 26.7 Å². The molecule has 1 aliphatic rings. The number of carbonyl (C=O) groups is 1.